The average molecular weight is 315 g/mol. The lowest BCUT2D eigenvalue weighted by molar-refractivity contribution is 0.691. The molecule has 0 spiro atoms. The highest BCUT2D eigenvalue weighted by atomic mass is 79.9. The molecular weight excluding hydrogens is 302 g/mol. The summed E-state index contributed by atoms with van der Waals surface area (Å²) in [5.41, 5.74) is 3.36. The van der Waals surface area contributed by atoms with Gasteiger partial charge in [0.15, 0.2) is 0 Å². The fourth-order valence-corrected chi connectivity index (χ4v) is 2.16. The first-order valence-electron chi connectivity index (χ1n) is 5.30. The molecule has 0 saturated heterocycles. The van der Waals surface area contributed by atoms with Crippen molar-refractivity contribution in [2.75, 3.05) is 0 Å². The number of nitrogens with zero attached hydrogens (tertiary/aromatic N) is 1. The molecule has 2 N–H and O–H groups in total. The Morgan fingerprint density at radius 2 is 2.12 bits per heavy atom. The van der Waals surface area contributed by atoms with E-state index in [1.165, 1.54) is 5.56 Å². The summed E-state index contributed by atoms with van der Waals surface area (Å²) in [5.74, 6) is 0. The number of hydrogen-bond acceptors (Lipinski definition) is 2. The lowest BCUT2D eigenvalue weighted by atomic mass is 10.2. The number of aryl methyl sites for hydroxylation is 1. The molecule has 1 heterocycles. The van der Waals surface area contributed by atoms with E-state index in [1.807, 2.05) is 31.3 Å². The maximum atomic E-state index is 6.11. The second-order valence-corrected chi connectivity index (χ2v) is 5.18. The molecular formula is C12H13BrClN3. The maximum absolute atomic E-state index is 6.11. The molecule has 0 aliphatic rings. The number of rotatable bonds is 4. The quantitative estimate of drug-likeness (QED) is 0.908. The first-order valence-corrected chi connectivity index (χ1v) is 6.47. The summed E-state index contributed by atoms with van der Waals surface area (Å²) >= 11 is 9.55. The van der Waals surface area contributed by atoms with Crippen molar-refractivity contribution in [2.24, 2.45) is 0 Å². The predicted octanol–water partition coefficient (Wildman–Crippen LogP) is 3.42. The molecule has 1 aromatic heterocycles. The third kappa shape index (κ3) is 3.31. The number of benzene rings is 1. The van der Waals surface area contributed by atoms with Crippen LogP contribution in [0.25, 0.3) is 0 Å². The van der Waals surface area contributed by atoms with Gasteiger partial charge >= 0.3 is 0 Å². The Hall–Kier alpha value is -0.840. The minimum Gasteiger partial charge on any atom is -0.308 e. The molecule has 17 heavy (non-hydrogen) atoms. The van der Waals surface area contributed by atoms with Crippen molar-refractivity contribution in [3.8, 4) is 0 Å². The largest absolute Gasteiger partial charge is 0.308 e. The molecule has 0 aliphatic carbocycles. The molecule has 3 nitrogen and oxygen atoms in total. The highest BCUT2D eigenvalue weighted by molar-refractivity contribution is 9.10. The van der Waals surface area contributed by atoms with Gasteiger partial charge in [-0.15, -0.1) is 0 Å². The molecule has 0 aliphatic heterocycles. The van der Waals surface area contributed by atoms with Crippen molar-refractivity contribution in [1.29, 1.82) is 0 Å². The van der Waals surface area contributed by atoms with Gasteiger partial charge in [-0.25, -0.2) is 0 Å². The monoisotopic (exact) mass is 313 g/mol. The Morgan fingerprint density at radius 3 is 2.82 bits per heavy atom. The van der Waals surface area contributed by atoms with E-state index in [2.05, 4.69) is 31.4 Å². The zero-order valence-electron chi connectivity index (χ0n) is 9.43. The number of aromatic amines is 1. The number of H-pyrrole nitrogens is 1. The summed E-state index contributed by atoms with van der Waals surface area (Å²) in [4.78, 5) is 0. The first kappa shape index (κ1) is 12.6. The minimum atomic E-state index is 0.739. The van der Waals surface area contributed by atoms with E-state index in [4.69, 9.17) is 11.6 Å². The minimum absolute atomic E-state index is 0.739. The summed E-state index contributed by atoms with van der Waals surface area (Å²) in [7, 11) is 0. The molecule has 0 unspecified atom stereocenters. The average Bonchev–Trinajstić information content (AvgIpc) is 2.70. The second-order valence-electron chi connectivity index (χ2n) is 3.86. The van der Waals surface area contributed by atoms with Crippen LogP contribution < -0.4 is 5.32 Å². The highest BCUT2D eigenvalue weighted by Gasteiger charge is 2.03. The van der Waals surface area contributed by atoms with Crippen LogP contribution in [0.4, 0.5) is 0 Å². The van der Waals surface area contributed by atoms with E-state index in [0.717, 1.165) is 33.8 Å². The molecule has 5 heteroatoms. The molecule has 0 amide bonds. The third-order valence-corrected chi connectivity index (χ3v) is 3.43. The van der Waals surface area contributed by atoms with Crippen LogP contribution in [0.15, 0.2) is 28.9 Å². The molecule has 0 bridgehead atoms. The highest BCUT2D eigenvalue weighted by Crippen LogP contribution is 2.20. The van der Waals surface area contributed by atoms with Crippen molar-refractivity contribution < 1.29 is 0 Å². The van der Waals surface area contributed by atoms with Crippen LogP contribution in [0, 0.1) is 6.92 Å². The Balaban J connectivity index is 1.94. The Bertz CT molecular complexity index is 510. The summed E-state index contributed by atoms with van der Waals surface area (Å²) < 4.78 is 1.04. The SMILES string of the molecule is Cc1[nH]ncc1CNCc1cc(Br)ccc1Cl. The van der Waals surface area contributed by atoms with Crippen LogP contribution >= 0.6 is 27.5 Å². The Labute approximate surface area is 114 Å². The van der Waals surface area contributed by atoms with E-state index >= 15 is 0 Å². The van der Waals surface area contributed by atoms with Gasteiger partial charge < -0.3 is 5.32 Å². The fourth-order valence-electron chi connectivity index (χ4n) is 1.56. The summed E-state index contributed by atoms with van der Waals surface area (Å²) in [6.45, 7) is 3.53. The van der Waals surface area contributed by atoms with E-state index in [0.29, 0.717) is 0 Å². The smallest absolute Gasteiger partial charge is 0.0535 e. The van der Waals surface area contributed by atoms with Gasteiger partial charge in [-0.3, -0.25) is 5.10 Å². The van der Waals surface area contributed by atoms with Crippen LogP contribution in [0.5, 0.6) is 0 Å². The Morgan fingerprint density at radius 1 is 1.35 bits per heavy atom. The van der Waals surface area contributed by atoms with Crippen LogP contribution in [0.1, 0.15) is 16.8 Å². The van der Waals surface area contributed by atoms with Gasteiger partial charge in [-0.05, 0) is 30.7 Å². The molecule has 0 radical (unpaired) electrons. The van der Waals surface area contributed by atoms with Crippen LogP contribution in [0.2, 0.25) is 5.02 Å². The summed E-state index contributed by atoms with van der Waals surface area (Å²) in [6, 6.07) is 5.86. The lowest BCUT2D eigenvalue weighted by Crippen LogP contribution is -2.13. The standard InChI is InChI=1S/C12H13BrClN3/c1-8-10(7-16-17-8)6-15-5-9-4-11(13)2-3-12(9)14/h2-4,7,15H,5-6H2,1H3,(H,16,17). The fraction of sp³-hybridized carbons (Fsp3) is 0.250. The van der Waals surface area contributed by atoms with Crippen molar-refractivity contribution >= 4 is 27.5 Å². The molecule has 2 rings (SSSR count). The van der Waals surface area contributed by atoms with E-state index in [1.54, 1.807) is 0 Å². The zero-order valence-corrected chi connectivity index (χ0v) is 11.8. The van der Waals surface area contributed by atoms with Crippen molar-refractivity contribution in [2.45, 2.75) is 20.0 Å². The van der Waals surface area contributed by atoms with Crippen LogP contribution in [-0.4, -0.2) is 10.2 Å². The topological polar surface area (TPSA) is 40.7 Å². The molecule has 1 aromatic carbocycles. The van der Waals surface area contributed by atoms with E-state index < -0.39 is 0 Å². The molecule has 2 aromatic rings. The molecule has 0 fully saturated rings. The van der Waals surface area contributed by atoms with Gasteiger partial charge in [0, 0.05) is 33.8 Å². The zero-order chi connectivity index (χ0) is 12.3. The molecule has 90 valence electrons. The first-order chi connectivity index (χ1) is 8.16. The predicted molar refractivity (Wildman–Crippen MR) is 73.0 cm³/mol. The number of halogens is 2. The second kappa shape index (κ2) is 5.67. The number of hydrogen-bond donors (Lipinski definition) is 2. The van der Waals surface area contributed by atoms with Crippen molar-refractivity contribution in [3.05, 3.63) is 50.7 Å². The normalized spacial score (nSPS) is 10.8. The molecule has 0 atom stereocenters. The maximum Gasteiger partial charge on any atom is 0.0535 e. The van der Waals surface area contributed by atoms with Gasteiger partial charge in [0.05, 0.1) is 6.20 Å². The van der Waals surface area contributed by atoms with Crippen molar-refractivity contribution in [3.63, 3.8) is 0 Å². The van der Waals surface area contributed by atoms with E-state index in [-0.39, 0.29) is 0 Å². The Kier molecular flexibility index (Phi) is 4.20. The van der Waals surface area contributed by atoms with Gasteiger partial charge in [-0.1, -0.05) is 27.5 Å². The summed E-state index contributed by atoms with van der Waals surface area (Å²) in [5, 5.41) is 11.0. The summed E-state index contributed by atoms with van der Waals surface area (Å²) in [6.07, 6.45) is 1.84. The van der Waals surface area contributed by atoms with E-state index in [9.17, 15) is 0 Å². The lowest BCUT2D eigenvalue weighted by Gasteiger charge is -2.06. The number of nitrogens with one attached hydrogen (secondary N) is 2. The van der Waals surface area contributed by atoms with Gasteiger partial charge in [0.2, 0.25) is 0 Å². The molecule has 0 saturated carbocycles. The van der Waals surface area contributed by atoms with Gasteiger partial charge in [0.25, 0.3) is 0 Å². The van der Waals surface area contributed by atoms with Crippen LogP contribution in [-0.2, 0) is 13.1 Å². The third-order valence-electron chi connectivity index (χ3n) is 2.57. The van der Waals surface area contributed by atoms with Gasteiger partial charge in [0.1, 0.15) is 0 Å². The van der Waals surface area contributed by atoms with Crippen LogP contribution in [0.3, 0.4) is 0 Å². The number of aromatic nitrogens is 2. The van der Waals surface area contributed by atoms with Crippen molar-refractivity contribution in [1.82, 2.24) is 15.5 Å². The van der Waals surface area contributed by atoms with Gasteiger partial charge in [-0.2, -0.15) is 5.10 Å².